The highest BCUT2D eigenvalue weighted by Gasteiger charge is 2.10. The van der Waals surface area contributed by atoms with E-state index in [0.29, 0.717) is 16.4 Å². The van der Waals surface area contributed by atoms with Crippen molar-refractivity contribution in [1.29, 1.82) is 0 Å². The molecule has 26 heavy (non-hydrogen) atoms. The lowest BCUT2D eigenvalue weighted by atomic mass is 10.3. The van der Waals surface area contributed by atoms with Gasteiger partial charge in [0.15, 0.2) is 9.84 Å². The first kappa shape index (κ1) is 20.3. The van der Waals surface area contributed by atoms with Crippen LogP contribution in [0.5, 0.6) is 0 Å². The van der Waals surface area contributed by atoms with Crippen LogP contribution < -0.4 is 10.6 Å². The van der Waals surface area contributed by atoms with Gasteiger partial charge in [-0.05, 0) is 42.5 Å². The number of hydrogen-bond donors (Lipinski definition) is 2. The van der Waals surface area contributed by atoms with Gasteiger partial charge in [-0.2, -0.15) is 0 Å². The van der Waals surface area contributed by atoms with Gasteiger partial charge in [0, 0.05) is 22.7 Å². The zero-order chi connectivity index (χ0) is 19.2. The van der Waals surface area contributed by atoms with E-state index < -0.39 is 9.84 Å². The van der Waals surface area contributed by atoms with Crippen molar-refractivity contribution in [3.05, 3.63) is 53.6 Å². The second-order valence-corrected chi connectivity index (χ2v) is 8.83. The summed E-state index contributed by atoms with van der Waals surface area (Å²) in [5, 5.41) is 5.89. The van der Waals surface area contributed by atoms with Gasteiger partial charge in [0.1, 0.15) is 0 Å². The molecule has 0 saturated carbocycles. The number of sulfone groups is 1. The lowest BCUT2D eigenvalue weighted by molar-refractivity contribution is -0.114. The summed E-state index contributed by atoms with van der Waals surface area (Å²) in [5.41, 5.74) is 1.02. The van der Waals surface area contributed by atoms with Crippen LogP contribution in [0, 0.1) is 0 Å². The van der Waals surface area contributed by atoms with Crippen molar-refractivity contribution in [1.82, 2.24) is 0 Å². The predicted octanol–water partition coefficient (Wildman–Crippen LogP) is 3.05. The molecule has 0 bridgehead atoms. The van der Waals surface area contributed by atoms with Crippen molar-refractivity contribution in [2.75, 3.05) is 28.4 Å². The Kier molecular flexibility index (Phi) is 7.07. The fraction of sp³-hybridized carbons (Fsp3) is 0.176. The molecule has 2 rings (SSSR count). The molecule has 9 heteroatoms. The maximum Gasteiger partial charge on any atom is 0.234 e. The Morgan fingerprint density at radius 1 is 0.962 bits per heavy atom. The van der Waals surface area contributed by atoms with Crippen LogP contribution in [-0.2, 0) is 19.4 Å². The highest BCUT2D eigenvalue weighted by atomic mass is 35.5. The molecule has 2 aromatic rings. The van der Waals surface area contributed by atoms with Crippen LogP contribution in [0.2, 0.25) is 5.02 Å². The summed E-state index contributed by atoms with van der Waals surface area (Å²) >= 11 is 6.93. The molecule has 0 saturated heterocycles. The maximum absolute atomic E-state index is 11.9. The molecule has 0 atom stereocenters. The average molecular weight is 413 g/mol. The number of thioether (sulfide) groups is 1. The number of anilines is 2. The smallest absolute Gasteiger partial charge is 0.234 e. The molecule has 0 unspecified atom stereocenters. The van der Waals surface area contributed by atoms with Crippen LogP contribution in [-0.4, -0.2) is 38.0 Å². The molecule has 0 aliphatic heterocycles. The number of benzene rings is 2. The van der Waals surface area contributed by atoms with Crippen LogP contribution in [0.25, 0.3) is 0 Å². The van der Waals surface area contributed by atoms with Crippen LogP contribution in [0.15, 0.2) is 53.4 Å². The van der Waals surface area contributed by atoms with Gasteiger partial charge in [-0.15, -0.1) is 11.8 Å². The third-order valence-electron chi connectivity index (χ3n) is 3.14. The normalized spacial score (nSPS) is 11.0. The molecular weight excluding hydrogens is 396 g/mol. The summed E-state index contributed by atoms with van der Waals surface area (Å²) in [5.74, 6) is -0.375. The van der Waals surface area contributed by atoms with Gasteiger partial charge in [-0.3, -0.25) is 9.59 Å². The molecule has 2 aromatic carbocycles. The first-order chi connectivity index (χ1) is 12.2. The van der Waals surface area contributed by atoms with Crippen LogP contribution in [0.4, 0.5) is 11.4 Å². The molecule has 0 spiro atoms. The number of carbonyl (C=O) groups excluding carboxylic acids is 2. The Hall–Kier alpha value is -2.03. The third kappa shape index (κ3) is 6.70. The SMILES string of the molecule is CS(=O)(=O)c1cccc(NC(=O)CSCC(=O)Nc2ccc(Cl)cc2)c1. The fourth-order valence-electron chi connectivity index (χ4n) is 1.97. The van der Waals surface area contributed by atoms with Gasteiger partial charge < -0.3 is 10.6 Å². The van der Waals surface area contributed by atoms with E-state index in [4.69, 9.17) is 11.6 Å². The lowest BCUT2D eigenvalue weighted by Crippen LogP contribution is -2.18. The van der Waals surface area contributed by atoms with Gasteiger partial charge in [-0.25, -0.2) is 8.42 Å². The maximum atomic E-state index is 11.9. The Bertz CT molecular complexity index is 899. The van der Waals surface area contributed by atoms with Crippen molar-refractivity contribution in [2.45, 2.75) is 4.90 Å². The van der Waals surface area contributed by atoms with Gasteiger partial charge in [0.2, 0.25) is 11.8 Å². The van der Waals surface area contributed by atoms with Gasteiger partial charge in [-0.1, -0.05) is 17.7 Å². The predicted molar refractivity (Wildman–Crippen MR) is 106 cm³/mol. The summed E-state index contributed by atoms with van der Waals surface area (Å²) in [6.07, 6.45) is 1.10. The Morgan fingerprint density at radius 2 is 1.54 bits per heavy atom. The quantitative estimate of drug-likeness (QED) is 0.729. The molecule has 0 heterocycles. The zero-order valence-electron chi connectivity index (χ0n) is 13.9. The second kappa shape index (κ2) is 9.07. The van der Waals surface area contributed by atoms with E-state index in [1.807, 2.05) is 0 Å². The molecule has 6 nitrogen and oxygen atoms in total. The van der Waals surface area contributed by atoms with Crippen molar-refractivity contribution in [3.8, 4) is 0 Å². The van der Waals surface area contributed by atoms with Crippen molar-refractivity contribution in [3.63, 3.8) is 0 Å². The topological polar surface area (TPSA) is 92.3 Å². The highest BCUT2D eigenvalue weighted by molar-refractivity contribution is 8.00. The van der Waals surface area contributed by atoms with E-state index in [9.17, 15) is 18.0 Å². The van der Waals surface area contributed by atoms with E-state index in [0.717, 1.165) is 18.0 Å². The van der Waals surface area contributed by atoms with Gasteiger partial charge >= 0.3 is 0 Å². The summed E-state index contributed by atoms with van der Waals surface area (Å²) in [7, 11) is -3.34. The molecular formula is C17H17ClN2O4S2. The summed E-state index contributed by atoms with van der Waals surface area (Å²) in [4.78, 5) is 23.9. The van der Waals surface area contributed by atoms with Crippen molar-refractivity contribution in [2.24, 2.45) is 0 Å². The number of nitrogens with one attached hydrogen (secondary N) is 2. The molecule has 2 amide bonds. The summed E-state index contributed by atoms with van der Waals surface area (Å²) < 4.78 is 23.0. The Labute approximate surface area is 161 Å². The van der Waals surface area contributed by atoms with E-state index in [2.05, 4.69) is 10.6 Å². The monoisotopic (exact) mass is 412 g/mol. The highest BCUT2D eigenvalue weighted by Crippen LogP contribution is 2.16. The molecule has 0 fully saturated rings. The number of rotatable bonds is 7. The Balaban J connectivity index is 1.78. The largest absolute Gasteiger partial charge is 0.325 e. The number of amides is 2. The van der Waals surface area contributed by atoms with Gasteiger partial charge in [0.05, 0.1) is 16.4 Å². The van der Waals surface area contributed by atoms with Crippen molar-refractivity contribution < 1.29 is 18.0 Å². The molecule has 2 N–H and O–H groups in total. The first-order valence-electron chi connectivity index (χ1n) is 7.47. The average Bonchev–Trinajstić information content (AvgIpc) is 2.56. The first-order valence-corrected chi connectivity index (χ1v) is 10.9. The molecule has 0 aliphatic rings. The minimum Gasteiger partial charge on any atom is -0.325 e. The zero-order valence-corrected chi connectivity index (χ0v) is 16.2. The number of halogens is 1. The standard InChI is InChI=1S/C17H17ClN2O4S2/c1-26(23,24)15-4-2-3-14(9-15)20-17(22)11-25-10-16(21)19-13-7-5-12(18)6-8-13/h2-9H,10-11H2,1H3,(H,19,21)(H,20,22). The summed E-state index contributed by atoms with van der Waals surface area (Å²) in [6, 6.07) is 12.7. The van der Waals surface area contributed by atoms with Crippen molar-refractivity contribution >= 4 is 56.4 Å². The Morgan fingerprint density at radius 3 is 2.12 bits per heavy atom. The van der Waals surface area contributed by atoms with E-state index >= 15 is 0 Å². The van der Waals surface area contributed by atoms with E-state index in [-0.39, 0.29) is 28.2 Å². The van der Waals surface area contributed by atoms with E-state index in [1.54, 1.807) is 36.4 Å². The lowest BCUT2D eigenvalue weighted by Gasteiger charge is -2.07. The third-order valence-corrected chi connectivity index (χ3v) is 5.44. The minimum absolute atomic E-state index is 0.0666. The van der Waals surface area contributed by atoms with E-state index in [1.165, 1.54) is 12.1 Å². The second-order valence-electron chi connectivity index (χ2n) is 5.40. The molecule has 0 radical (unpaired) electrons. The fourth-order valence-corrected chi connectivity index (χ4v) is 3.38. The number of carbonyl (C=O) groups is 2. The number of hydrogen-bond acceptors (Lipinski definition) is 5. The van der Waals surface area contributed by atoms with Crippen LogP contribution in [0.3, 0.4) is 0 Å². The summed E-state index contributed by atoms with van der Waals surface area (Å²) in [6.45, 7) is 0. The molecule has 138 valence electrons. The van der Waals surface area contributed by atoms with Gasteiger partial charge in [0.25, 0.3) is 0 Å². The van der Waals surface area contributed by atoms with Crippen LogP contribution >= 0.6 is 23.4 Å². The minimum atomic E-state index is -3.34. The molecule has 0 aromatic heterocycles. The molecule has 0 aliphatic carbocycles. The van der Waals surface area contributed by atoms with Crippen LogP contribution in [0.1, 0.15) is 0 Å².